The molecule has 0 bridgehead atoms. The van der Waals surface area contributed by atoms with Crippen molar-refractivity contribution in [3.05, 3.63) is 21.9 Å². The third-order valence-corrected chi connectivity index (χ3v) is 5.85. The second-order valence-electron chi connectivity index (χ2n) is 6.78. The molecule has 0 saturated heterocycles. The molecular formula is C17H23BrN2OS. The molecule has 2 rings (SSSR count). The standard InChI is InChI=1S/C17H23BrN2OS/c1-11-12(10-19)16(22-7-5-4-6-18)20-13-8-17(2,3)9-14(21)15(11)13/h11,20H,4-9H2,1-3H3. The second-order valence-corrected chi connectivity index (χ2v) is 8.68. The fourth-order valence-corrected chi connectivity index (χ4v) is 4.65. The van der Waals surface area contributed by atoms with Crippen molar-refractivity contribution in [1.82, 2.24) is 5.32 Å². The molecule has 0 aromatic rings. The normalized spacial score (nSPS) is 24.0. The Bertz CT molecular complexity index is 572. The zero-order valence-electron chi connectivity index (χ0n) is 13.5. The molecule has 0 aromatic heterocycles. The van der Waals surface area contributed by atoms with Gasteiger partial charge in [0.2, 0.25) is 0 Å². The van der Waals surface area contributed by atoms with Crippen LogP contribution < -0.4 is 5.32 Å². The average molecular weight is 383 g/mol. The van der Waals surface area contributed by atoms with E-state index in [0.717, 1.165) is 52.2 Å². The van der Waals surface area contributed by atoms with E-state index in [1.165, 1.54) is 0 Å². The third kappa shape index (κ3) is 3.78. The maximum atomic E-state index is 12.5. The molecule has 1 unspecified atom stereocenters. The van der Waals surface area contributed by atoms with Crippen molar-refractivity contribution in [3.63, 3.8) is 0 Å². The Labute approximate surface area is 145 Å². The van der Waals surface area contributed by atoms with E-state index in [1.54, 1.807) is 11.8 Å². The van der Waals surface area contributed by atoms with Gasteiger partial charge in [0, 0.05) is 28.9 Å². The lowest BCUT2D eigenvalue weighted by Gasteiger charge is -2.37. The molecule has 0 fully saturated rings. The summed E-state index contributed by atoms with van der Waals surface area (Å²) >= 11 is 5.15. The van der Waals surface area contributed by atoms with Crippen LogP contribution in [0.4, 0.5) is 0 Å². The fourth-order valence-electron chi connectivity index (χ4n) is 3.13. The van der Waals surface area contributed by atoms with E-state index in [0.29, 0.717) is 6.42 Å². The van der Waals surface area contributed by atoms with E-state index < -0.39 is 0 Å². The van der Waals surface area contributed by atoms with Gasteiger partial charge in [-0.2, -0.15) is 5.26 Å². The van der Waals surface area contributed by atoms with Gasteiger partial charge in [-0.1, -0.05) is 36.7 Å². The molecule has 22 heavy (non-hydrogen) atoms. The van der Waals surface area contributed by atoms with Gasteiger partial charge in [-0.25, -0.2) is 0 Å². The number of Topliss-reactive ketones (excluding diaryl/α,β-unsaturated/α-hetero) is 1. The largest absolute Gasteiger partial charge is 0.352 e. The first-order valence-electron chi connectivity index (χ1n) is 7.76. The van der Waals surface area contributed by atoms with Crippen LogP contribution in [0.2, 0.25) is 0 Å². The summed E-state index contributed by atoms with van der Waals surface area (Å²) in [4.78, 5) is 12.5. The number of ketones is 1. The Hall–Kier alpha value is -0.730. The molecule has 3 nitrogen and oxygen atoms in total. The van der Waals surface area contributed by atoms with Crippen molar-refractivity contribution in [3.8, 4) is 6.07 Å². The molecule has 1 aliphatic carbocycles. The highest BCUT2D eigenvalue weighted by atomic mass is 79.9. The van der Waals surface area contributed by atoms with E-state index >= 15 is 0 Å². The van der Waals surface area contributed by atoms with Gasteiger partial charge >= 0.3 is 0 Å². The number of carbonyl (C=O) groups excluding carboxylic acids is 1. The molecule has 1 atom stereocenters. The van der Waals surface area contributed by atoms with Crippen molar-refractivity contribution < 1.29 is 4.79 Å². The molecular weight excluding hydrogens is 360 g/mol. The summed E-state index contributed by atoms with van der Waals surface area (Å²) in [5.74, 6) is 1.11. The zero-order chi connectivity index (χ0) is 16.3. The molecule has 2 aliphatic rings. The van der Waals surface area contributed by atoms with Crippen molar-refractivity contribution in [2.75, 3.05) is 11.1 Å². The molecule has 0 saturated carbocycles. The maximum Gasteiger partial charge on any atom is 0.161 e. The number of dihydropyridines is 1. The highest BCUT2D eigenvalue weighted by molar-refractivity contribution is 9.09. The van der Waals surface area contributed by atoms with Crippen LogP contribution in [-0.2, 0) is 4.79 Å². The van der Waals surface area contributed by atoms with E-state index in [4.69, 9.17) is 0 Å². The average Bonchev–Trinajstić information content (AvgIpc) is 2.41. The number of alkyl halides is 1. The van der Waals surface area contributed by atoms with Crippen LogP contribution in [0.5, 0.6) is 0 Å². The summed E-state index contributed by atoms with van der Waals surface area (Å²) in [6.45, 7) is 6.25. The molecule has 0 radical (unpaired) electrons. The topological polar surface area (TPSA) is 52.9 Å². The zero-order valence-corrected chi connectivity index (χ0v) is 15.9. The first kappa shape index (κ1) is 17.6. The summed E-state index contributed by atoms with van der Waals surface area (Å²) in [6.07, 6.45) is 3.70. The highest BCUT2D eigenvalue weighted by Crippen LogP contribution is 2.43. The first-order valence-corrected chi connectivity index (χ1v) is 9.86. The minimum absolute atomic E-state index is 0.00147. The first-order chi connectivity index (χ1) is 10.4. The molecule has 120 valence electrons. The second kappa shape index (κ2) is 7.23. The summed E-state index contributed by atoms with van der Waals surface area (Å²) in [7, 11) is 0. The van der Waals surface area contributed by atoms with Gasteiger partial charge in [-0.15, -0.1) is 11.8 Å². The van der Waals surface area contributed by atoms with Crippen molar-refractivity contribution in [2.24, 2.45) is 11.3 Å². The summed E-state index contributed by atoms with van der Waals surface area (Å²) in [5.41, 5.74) is 2.59. The van der Waals surface area contributed by atoms with Crippen molar-refractivity contribution in [1.29, 1.82) is 5.26 Å². The van der Waals surface area contributed by atoms with Gasteiger partial charge in [0.25, 0.3) is 0 Å². The van der Waals surface area contributed by atoms with Crippen LogP contribution in [0, 0.1) is 22.7 Å². The van der Waals surface area contributed by atoms with Crippen LogP contribution in [-0.4, -0.2) is 16.9 Å². The van der Waals surface area contributed by atoms with E-state index in [2.05, 4.69) is 41.2 Å². The minimum Gasteiger partial charge on any atom is -0.352 e. The Kier molecular flexibility index (Phi) is 5.79. The smallest absolute Gasteiger partial charge is 0.161 e. The van der Waals surface area contributed by atoms with Crippen LogP contribution in [0.3, 0.4) is 0 Å². The van der Waals surface area contributed by atoms with Crippen molar-refractivity contribution in [2.45, 2.75) is 46.5 Å². The third-order valence-electron chi connectivity index (χ3n) is 4.19. The summed E-state index contributed by atoms with van der Waals surface area (Å²) < 4.78 is 0. The molecule has 5 heteroatoms. The van der Waals surface area contributed by atoms with Gasteiger partial charge < -0.3 is 5.32 Å². The number of allylic oxidation sites excluding steroid dienone is 3. The van der Waals surface area contributed by atoms with Gasteiger partial charge in [0.1, 0.15) is 0 Å². The Morgan fingerprint density at radius 2 is 2.14 bits per heavy atom. The van der Waals surface area contributed by atoms with Crippen LogP contribution in [0.1, 0.15) is 46.5 Å². The number of unbranched alkanes of at least 4 members (excludes halogenated alkanes) is 1. The number of thioether (sulfide) groups is 1. The number of nitrogens with one attached hydrogen (secondary N) is 1. The van der Waals surface area contributed by atoms with Crippen LogP contribution in [0.15, 0.2) is 21.9 Å². The molecule has 0 aromatic carbocycles. The number of halogens is 1. The summed E-state index contributed by atoms with van der Waals surface area (Å²) in [5, 5.41) is 14.9. The number of carbonyl (C=O) groups is 1. The highest BCUT2D eigenvalue weighted by Gasteiger charge is 2.39. The van der Waals surface area contributed by atoms with E-state index in [-0.39, 0.29) is 17.1 Å². The monoisotopic (exact) mass is 382 g/mol. The van der Waals surface area contributed by atoms with Gasteiger partial charge in [0.05, 0.1) is 16.7 Å². The molecule has 1 heterocycles. The minimum atomic E-state index is -0.0801. The van der Waals surface area contributed by atoms with Crippen molar-refractivity contribution >= 4 is 33.5 Å². The maximum absolute atomic E-state index is 12.5. The number of hydrogen-bond acceptors (Lipinski definition) is 4. The Balaban J connectivity index is 2.21. The predicted octanol–water partition coefficient (Wildman–Crippen LogP) is 4.51. The molecule has 0 spiro atoms. The lowest BCUT2D eigenvalue weighted by molar-refractivity contribution is -0.118. The van der Waals surface area contributed by atoms with Crippen LogP contribution in [0.25, 0.3) is 0 Å². The lowest BCUT2D eigenvalue weighted by atomic mass is 9.71. The molecule has 1 aliphatic heterocycles. The van der Waals surface area contributed by atoms with Gasteiger partial charge in [0.15, 0.2) is 5.78 Å². The van der Waals surface area contributed by atoms with Gasteiger partial charge in [-0.3, -0.25) is 4.79 Å². The SMILES string of the molecule is CC1C(C#N)=C(SCCCCBr)NC2=C1C(=O)CC(C)(C)C2. The van der Waals surface area contributed by atoms with E-state index in [9.17, 15) is 10.1 Å². The number of rotatable bonds is 5. The quantitative estimate of drug-likeness (QED) is 0.561. The van der Waals surface area contributed by atoms with Gasteiger partial charge in [-0.05, 0) is 30.4 Å². The van der Waals surface area contributed by atoms with Crippen LogP contribution >= 0.6 is 27.7 Å². The fraction of sp³-hybridized carbons (Fsp3) is 0.647. The predicted molar refractivity (Wildman–Crippen MR) is 95.5 cm³/mol. The van der Waals surface area contributed by atoms with E-state index in [1.807, 2.05) is 6.92 Å². The number of hydrogen-bond donors (Lipinski definition) is 1. The number of nitriles is 1. The lowest BCUT2D eigenvalue weighted by Crippen LogP contribution is -2.36. The summed E-state index contributed by atoms with van der Waals surface area (Å²) in [6, 6.07) is 2.32. The number of nitrogens with zero attached hydrogens (tertiary/aromatic N) is 1. The molecule has 1 N–H and O–H groups in total. The Morgan fingerprint density at radius 1 is 1.41 bits per heavy atom. The molecule has 0 amide bonds. The Morgan fingerprint density at radius 3 is 2.77 bits per heavy atom.